The highest BCUT2D eigenvalue weighted by atomic mass is 19.1. The second-order valence-electron chi connectivity index (χ2n) is 4.88. The Labute approximate surface area is 110 Å². The van der Waals surface area contributed by atoms with Gasteiger partial charge in [0.2, 0.25) is 0 Å². The molecule has 0 fully saturated rings. The summed E-state index contributed by atoms with van der Waals surface area (Å²) in [5.74, 6) is -0.872. The number of halogens is 2. The summed E-state index contributed by atoms with van der Waals surface area (Å²) < 4.78 is 28.7. The van der Waals surface area contributed by atoms with Gasteiger partial charge in [0.25, 0.3) is 0 Å². The number of benzene rings is 1. The highest BCUT2D eigenvalue weighted by Crippen LogP contribution is 2.32. The van der Waals surface area contributed by atoms with E-state index in [1.165, 1.54) is 11.8 Å². The Hall–Kier alpha value is -1.91. The van der Waals surface area contributed by atoms with Crippen LogP contribution in [0.25, 0.3) is 0 Å². The number of anilines is 1. The third-order valence-electron chi connectivity index (χ3n) is 3.63. The van der Waals surface area contributed by atoms with Gasteiger partial charge >= 0.3 is 0 Å². The molecule has 1 unspecified atom stereocenters. The molecule has 2 aromatic rings. The van der Waals surface area contributed by atoms with Gasteiger partial charge in [0, 0.05) is 18.3 Å². The summed E-state index contributed by atoms with van der Waals surface area (Å²) >= 11 is 0. The fourth-order valence-corrected chi connectivity index (χ4v) is 2.65. The first-order chi connectivity index (χ1) is 9.15. The zero-order valence-corrected chi connectivity index (χ0v) is 10.7. The van der Waals surface area contributed by atoms with Gasteiger partial charge in [-0.25, -0.2) is 8.78 Å². The molecule has 0 amide bonds. The van der Waals surface area contributed by atoms with Crippen molar-refractivity contribution in [3.05, 3.63) is 47.3 Å². The number of aryl methyl sites for hydroxylation is 1. The van der Waals surface area contributed by atoms with E-state index in [2.05, 4.69) is 10.4 Å². The second kappa shape index (κ2) is 4.64. The monoisotopic (exact) mass is 263 g/mol. The predicted octanol–water partition coefficient (Wildman–Crippen LogP) is 3.19. The van der Waals surface area contributed by atoms with Gasteiger partial charge in [0.05, 0.1) is 17.9 Å². The number of fused-ring (bicyclic) bond motifs is 1. The van der Waals surface area contributed by atoms with Crippen molar-refractivity contribution < 1.29 is 8.78 Å². The molecule has 1 aromatic heterocycles. The average Bonchev–Trinajstić information content (AvgIpc) is 2.77. The van der Waals surface area contributed by atoms with Gasteiger partial charge in [0.15, 0.2) is 0 Å². The maximum absolute atomic E-state index is 13.7. The van der Waals surface area contributed by atoms with E-state index in [1.807, 2.05) is 17.9 Å². The number of nitrogens with zero attached hydrogens (tertiary/aromatic N) is 2. The summed E-state index contributed by atoms with van der Waals surface area (Å²) in [5.41, 5.74) is 2.46. The van der Waals surface area contributed by atoms with Crippen molar-refractivity contribution in [2.24, 2.45) is 7.05 Å². The van der Waals surface area contributed by atoms with Gasteiger partial charge in [-0.1, -0.05) is 0 Å². The lowest BCUT2D eigenvalue weighted by Gasteiger charge is -2.25. The lowest BCUT2D eigenvalue weighted by atomic mass is 9.93. The van der Waals surface area contributed by atoms with E-state index in [4.69, 9.17) is 0 Å². The van der Waals surface area contributed by atoms with Crippen LogP contribution in [0.1, 0.15) is 30.1 Å². The summed E-state index contributed by atoms with van der Waals surface area (Å²) in [7, 11) is 1.91. The van der Waals surface area contributed by atoms with Crippen LogP contribution in [0.15, 0.2) is 24.4 Å². The highest BCUT2D eigenvalue weighted by molar-refractivity contribution is 5.48. The topological polar surface area (TPSA) is 29.9 Å². The maximum atomic E-state index is 13.7. The molecule has 0 radical (unpaired) electrons. The molecule has 0 saturated carbocycles. The molecule has 1 aromatic carbocycles. The van der Waals surface area contributed by atoms with Crippen LogP contribution < -0.4 is 5.32 Å². The minimum atomic E-state index is -0.439. The molecule has 5 heteroatoms. The van der Waals surface area contributed by atoms with Gasteiger partial charge in [-0.15, -0.1) is 0 Å². The first kappa shape index (κ1) is 12.1. The number of hydrogen-bond donors (Lipinski definition) is 1. The largest absolute Gasteiger partial charge is 0.376 e. The van der Waals surface area contributed by atoms with E-state index in [0.717, 1.165) is 37.0 Å². The quantitative estimate of drug-likeness (QED) is 0.901. The summed E-state index contributed by atoms with van der Waals surface area (Å²) in [6.07, 6.45) is 4.70. The first-order valence-corrected chi connectivity index (χ1v) is 6.37. The standard InChI is InChI=1S/C14H15F2N3/c1-19-14-4-2-3-12(10(14)8-17-19)18-13-7-9(15)5-6-11(13)16/h5-8,12,18H,2-4H2,1H3. The first-order valence-electron chi connectivity index (χ1n) is 6.37. The molecule has 1 N–H and O–H groups in total. The molecule has 3 nitrogen and oxygen atoms in total. The van der Waals surface area contributed by atoms with E-state index in [1.54, 1.807) is 0 Å². The fourth-order valence-electron chi connectivity index (χ4n) is 2.65. The third-order valence-corrected chi connectivity index (χ3v) is 3.63. The Balaban J connectivity index is 1.90. The molecule has 0 aliphatic heterocycles. The summed E-state index contributed by atoms with van der Waals surface area (Å²) in [6, 6.07) is 3.45. The van der Waals surface area contributed by atoms with Crippen LogP contribution in [-0.4, -0.2) is 9.78 Å². The van der Waals surface area contributed by atoms with Gasteiger partial charge in [-0.2, -0.15) is 5.10 Å². The number of rotatable bonds is 2. The molecule has 3 rings (SSSR count). The smallest absolute Gasteiger partial charge is 0.146 e. The fraction of sp³-hybridized carbons (Fsp3) is 0.357. The Morgan fingerprint density at radius 3 is 3.05 bits per heavy atom. The Bertz CT molecular complexity index is 607. The Morgan fingerprint density at radius 2 is 2.21 bits per heavy atom. The number of nitrogens with one attached hydrogen (secondary N) is 1. The lowest BCUT2D eigenvalue weighted by Crippen LogP contribution is -2.18. The van der Waals surface area contributed by atoms with Crippen LogP contribution in [0.2, 0.25) is 0 Å². The molecular weight excluding hydrogens is 248 g/mol. The van der Waals surface area contributed by atoms with Crippen molar-refractivity contribution in [1.29, 1.82) is 0 Å². The van der Waals surface area contributed by atoms with Crippen molar-refractivity contribution >= 4 is 5.69 Å². The normalized spacial score (nSPS) is 18.2. The highest BCUT2D eigenvalue weighted by Gasteiger charge is 2.24. The van der Waals surface area contributed by atoms with E-state index in [9.17, 15) is 8.78 Å². The van der Waals surface area contributed by atoms with E-state index in [0.29, 0.717) is 0 Å². The van der Waals surface area contributed by atoms with E-state index < -0.39 is 11.6 Å². The third kappa shape index (κ3) is 2.20. The lowest BCUT2D eigenvalue weighted by molar-refractivity contribution is 0.561. The summed E-state index contributed by atoms with van der Waals surface area (Å²) in [4.78, 5) is 0. The zero-order valence-electron chi connectivity index (χ0n) is 10.7. The van der Waals surface area contributed by atoms with Crippen LogP contribution in [0.5, 0.6) is 0 Å². The molecule has 0 bridgehead atoms. The minimum Gasteiger partial charge on any atom is -0.376 e. The molecular formula is C14H15F2N3. The maximum Gasteiger partial charge on any atom is 0.146 e. The van der Waals surface area contributed by atoms with Gasteiger partial charge < -0.3 is 5.32 Å². The average molecular weight is 263 g/mol. The van der Waals surface area contributed by atoms with Gasteiger partial charge in [-0.05, 0) is 37.5 Å². The van der Waals surface area contributed by atoms with Crippen molar-refractivity contribution in [3.8, 4) is 0 Å². The minimum absolute atomic E-state index is 0.00579. The van der Waals surface area contributed by atoms with Crippen LogP contribution in [0.4, 0.5) is 14.5 Å². The van der Waals surface area contributed by atoms with Crippen molar-refractivity contribution in [2.75, 3.05) is 5.32 Å². The molecule has 0 saturated heterocycles. The van der Waals surface area contributed by atoms with Crippen LogP contribution in [0, 0.1) is 11.6 Å². The van der Waals surface area contributed by atoms with Crippen LogP contribution in [0.3, 0.4) is 0 Å². The molecule has 1 aliphatic rings. The molecule has 0 spiro atoms. The van der Waals surface area contributed by atoms with Crippen LogP contribution >= 0.6 is 0 Å². The SMILES string of the molecule is Cn1ncc2c1CCCC2Nc1cc(F)ccc1F. The van der Waals surface area contributed by atoms with Crippen molar-refractivity contribution in [1.82, 2.24) is 9.78 Å². The summed E-state index contributed by atoms with van der Waals surface area (Å²) in [5, 5.41) is 7.33. The number of hydrogen-bond acceptors (Lipinski definition) is 2. The van der Waals surface area contributed by atoms with Gasteiger partial charge in [0.1, 0.15) is 11.6 Å². The van der Waals surface area contributed by atoms with Gasteiger partial charge in [-0.3, -0.25) is 4.68 Å². The van der Waals surface area contributed by atoms with Crippen molar-refractivity contribution in [2.45, 2.75) is 25.3 Å². The Morgan fingerprint density at radius 1 is 1.37 bits per heavy atom. The molecule has 19 heavy (non-hydrogen) atoms. The van der Waals surface area contributed by atoms with Crippen LogP contribution in [-0.2, 0) is 13.5 Å². The van der Waals surface area contributed by atoms with Crippen molar-refractivity contribution in [3.63, 3.8) is 0 Å². The predicted molar refractivity (Wildman–Crippen MR) is 68.9 cm³/mol. The van der Waals surface area contributed by atoms with E-state index >= 15 is 0 Å². The summed E-state index contributed by atoms with van der Waals surface area (Å²) in [6.45, 7) is 0. The molecule has 100 valence electrons. The molecule has 1 atom stereocenters. The molecule has 1 aliphatic carbocycles. The Kier molecular flexibility index (Phi) is 2.97. The molecule has 1 heterocycles. The number of aromatic nitrogens is 2. The second-order valence-corrected chi connectivity index (χ2v) is 4.88. The zero-order chi connectivity index (χ0) is 13.4. The van der Waals surface area contributed by atoms with E-state index in [-0.39, 0.29) is 11.7 Å².